The minimum Gasteiger partial charge on any atom is -0.379 e. The van der Waals surface area contributed by atoms with Gasteiger partial charge in [0.2, 0.25) is 0 Å². The SMILES string of the molecule is C=C1C=CC(C)N=CC(=C)/C=C([C@H]2CCC3[C@]2(C)CC=C2C=C4CC[C@@H](N5CCOCC5)CC4CC[C@@]23N=O)\C=C/1. The van der Waals surface area contributed by atoms with E-state index in [1.165, 1.54) is 24.0 Å². The van der Waals surface area contributed by atoms with Gasteiger partial charge in [-0.25, -0.2) is 0 Å². The molecule has 41 heavy (non-hydrogen) atoms. The molecular weight excluding hydrogens is 506 g/mol. The van der Waals surface area contributed by atoms with Crippen molar-refractivity contribution in [1.29, 1.82) is 0 Å². The lowest BCUT2D eigenvalue weighted by molar-refractivity contribution is 0.00642. The van der Waals surface area contributed by atoms with E-state index >= 15 is 0 Å². The molecule has 6 rings (SSSR count). The Morgan fingerprint density at radius 1 is 1.05 bits per heavy atom. The fourth-order valence-corrected chi connectivity index (χ4v) is 9.02. The van der Waals surface area contributed by atoms with Gasteiger partial charge in [-0.3, -0.25) is 9.89 Å². The van der Waals surface area contributed by atoms with Crippen molar-refractivity contribution in [3.05, 3.63) is 88.5 Å². The number of aliphatic imine (C=N–C) groups is 1. The smallest absolute Gasteiger partial charge is 0.130 e. The summed E-state index contributed by atoms with van der Waals surface area (Å²) in [5.74, 6) is 1.12. The lowest BCUT2D eigenvalue weighted by Gasteiger charge is -2.48. The third-order valence-electron chi connectivity index (χ3n) is 11.3. The van der Waals surface area contributed by atoms with Crippen LogP contribution in [-0.4, -0.2) is 55.0 Å². The van der Waals surface area contributed by atoms with Gasteiger partial charge in [-0.2, -0.15) is 0 Å². The van der Waals surface area contributed by atoms with E-state index in [0.29, 0.717) is 17.9 Å². The Morgan fingerprint density at radius 2 is 1.88 bits per heavy atom. The maximum atomic E-state index is 13.1. The summed E-state index contributed by atoms with van der Waals surface area (Å²) in [6, 6.07) is 0.717. The molecular formula is C36H47N3O2. The van der Waals surface area contributed by atoms with E-state index in [1.54, 1.807) is 5.57 Å². The highest BCUT2D eigenvalue weighted by Crippen LogP contribution is 2.64. The second-order valence-electron chi connectivity index (χ2n) is 13.6. The Morgan fingerprint density at radius 3 is 2.68 bits per heavy atom. The maximum Gasteiger partial charge on any atom is 0.130 e. The minimum absolute atomic E-state index is 0.0417. The van der Waals surface area contributed by atoms with Crippen LogP contribution < -0.4 is 0 Å². The van der Waals surface area contributed by atoms with Crippen molar-refractivity contribution in [2.24, 2.45) is 33.3 Å². The van der Waals surface area contributed by atoms with Gasteiger partial charge in [0, 0.05) is 25.3 Å². The Kier molecular flexibility index (Phi) is 8.04. The monoisotopic (exact) mass is 553 g/mol. The molecule has 3 fully saturated rings. The predicted octanol–water partition coefficient (Wildman–Crippen LogP) is 7.70. The number of ether oxygens (including phenoxy) is 1. The number of hydrogen-bond donors (Lipinski definition) is 0. The zero-order valence-corrected chi connectivity index (χ0v) is 25.1. The summed E-state index contributed by atoms with van der Waals surface area (Å²) in [6.45, 7) is 16.8. The summed E-state index contributed by atoms with van der Waals surface area (Å²) in [6.07, 6.45) is 25.9. The highest BCUT2D eigenvalue weighted by atomic mass is 16.5. The number of nitroso groups, excluding NO2 is 1. The third kappa shape index (κ3) is 5.36. The lowest BCUT2D eigenvalue weighted by atomic mass is 9.56. The van der Waals surface area contributed by atoms with Crippen LogP contribution in [0.2, 0.25) is 0 Å². The average Bonchev–Trinajstić information content (AvgIpc) is 3.24. The third-order valence-corrected chi connectivity index (χ3v) is 11.3. The average molecular weight is 554 g/mol. The largest absolute Gasteiger partial charge is 0.379 e. The summed E-state index contributed by atoms with van der Waals surface area (Å²) in [5, 5.41) is 4.11. The van der Waals surface area contributed by atoms with Crippen LogP contribution in [0.3, 0.4) is 0 Å². The van der Waals surface area contributed by atoms with Gasteiger partial charge in [-0.05, 0) is 104 Å². The van der Waals surface area contributed by atoms with Gasteiger partial charge in [-0.15, -0.1) is 4.91 Å². The topological polar surface area (TPSA) is 54.3 Å². The Balaban J connectivity index is 1.28. The molecule has 0 aromatic carbocycles. The van der Waals surface area contributed by atoms with E-state index < -0.39 is 5.54 Å². The first-order valence-electron chi connectivity index (χ1n) is 15.9. The van der Waals surface area contributed by atoms with Crippen LogP contribution in [0.4, 0.5) is 0 Å². The molecule has 2 aliphatic heterocycles. The molecule has 6 aliphatic rings. The zero-order valence-electron chi connectivity index (χ0n) is 25.1. The number of rotatable bonds is 3. The molecule has 1 saturated heterocycles. The highest BCUT2D eigenvalue weighted by molar-refractivity contribution is 5.82. The van der Waals surface area contributed by atoms with Crippen molar-refractivity contribution >= 4 is 6.21 Å². The van der Waals surface area contributed by atoms with Crippen molar-refractivity contribution in [1.82, 2.24) is 4.90 Å². The fourth-order valence-electron chi connectivity index (χ4n) is 9.02. The van der Waals surface area contributed by atoms with E-state index in [0.717, 1.165) is 76.0 Å². The first-order chi connectivity index (χ1) is 19.8. The van der Waals surface area contributed by atoms with Crippen LogP contribution in [0, 0.1) is 28.1 Å². The number of nitrogens with zero attached hydrogens (tertiary/aromatic N) is 3. The summed E-state index contributed by atoms with van der Waals surface area (Å²) in [5.41, 5.74) is 5.26. The zero-order chi connectivity index (χ0) is 28.6. The van der Waals surface area contributed by atoms with Gasteiger partial charge in [0.15, 0.2) is 0 Å². The molecule has 2 saturated carbocycles. The van der Waals surface area contributed by atoms with Crippen molar-refractivity contribution in [3.63, 3.8) is 0 Å². The Hall–Kier alpha value is -2.63. The normalized spacial score (nSPS) is 41.9. The van der Waals surface area contributed by atoms with Crippen molar-refractivity contribution in [2.45, 2.75) is 82.8 Å². The van der Waals surface area contributed by atoms with Crippen LogP contribution in [0.5, 0.6) is 0 Å². The number of morpholine rings is 1. The van der Waals surface area contributed by atoms with Gasteiger partial charge in [0.25, 0.3) is 0 Å². The van der Waals surface area contributed by atoms with E-state index in [4.69, 9.17) is 4.74 Å². The molecule has 0 aromatic heterocycles. The van der Waals surface area contributed by atoms with Crippen molar-refractivity contribution in [2.75, 3.05) is 26.3 Å². The Bertz CT molecular complexity index is 1260. The number of allylic oxidation sites excluding steroid dienone is 9. The molecule has 0 amide bonds. The van der Waals surface area contributed by atoms with Gasteiger partial charge < -0.3 is 4.74 Å². The standard InChI is InChI=1S/C36H47N3O2/c1-25-5-7-27(3)37-24-26(2)21-30(8-6-25)33-11-12-34-35(33,4)15-14-31-22-28-9-10-32(39-17-19-41-20-18-39)23-29(28)13-16-36(31,34)38-40/h5-8,14,21-22,24,27,29,32-34H,1-2,9-13,15-20,23H2,3-4H3/b7-5?,8-6-,30-21+,37-24?/t27?,29?,32-,33-,34?,35-,36-/m1/s1. The second kappa shape index (κ2) is 11.6. The molecule has 0 radical (unpaired) electrons. The lowest BCUT2D eigenvalue weighted by Crippen LogP contribution is -2.48. The first-order valence-corrected chi connectivity index (χ1v) is 15.9. The maximum absolute atomic E-state index is 13.1. The fraction of sp³-hybridized carbons (Fsp3) is 0.583. The summed E-state index contributed by atoms with van der Waals surface area (Å²) in [7, 11) is 0. The van der Waals surface area contributed by atoms with E-state index in [-0.39, 0.29) is 17.4 Å². The first kappa shape index (κ1) is 28.5. The second-order valence-corrected chi connectivity index (χ2v) is 13.6. The molecule has 0 N–H and O–H groups in total. The van der Waals surface area contributed by atoms with Crippen LogP contribution in [0.15, 0.2) is 93.7 Å². The summed E-state index contributed by atoms with van der Waals surface area (Å²) in [4.78, 5) is 20.4. The van der Waals surface area contributed by atoms with Crippen LogP contribution in [0.1, 0.15) is 65.2 Å². The number of hydrogen-bond acceptors (Lipinski definition) is 5. The van der Waals surface area contributed by atoms with Gasteiger partial charge in [0.05, 0.1) is 19.3 Å². The van der Waals surface area contributed by atoms with Crippen LogP contribution in [0.25, 0.3) is 0 Å². The molecule has 5 nitrogen and oxygen atoms in total. The molecule has 0 bridgehead atoms. The summed E-state index contributed by atoms with van der Waals surface area (Å²) < 4.78 is 5.62. The summed E-state index contributed by atoms with van der Waals surface area (Å²) >= 11 is 0. The molecule has 218 valence electrons. The Labute approximate surface area is 246 Å². The van der Waals surface area contributed by atoms with E-state index in [2.05, 4.69) is 78.5 Å². The molecule has 4 aliphatic carbocycles. The molecule has 0 spiro atoms. The van der Waals surface area contributed by atoms with Gasteiger partial charge in [0.1, 0.15) is 5.54 Å². The molecule has 3 unspecified atom stereocenters. The molecule has 5 heteroatoms. The molecule has 2 heterocycles. The van der Waals surface area contributed by atoms with E-state index in [1.807, 2.05) is 12.3 Å². The van der Waals surface area contributed by atoms with Crippen molar-refractivity contribution in [3.8, 4) is 0 Å². The minimum atomic E-state index is -0.626. The quantitative estimate of drug-likeness (QED) is 0.337. The predicted molar refractivity (Wildman–Crippen MR) is 169 cm³/mol. The number of fused-ring (bicyclic) bond motifs is 4. The van der Waals surface area contributed by atoms with Crippen LogP contribution >= 0.6 is 0 Å². The van der Waals surface area contributed by atoms with Gasteiger partial charge >= 0.3 is 0 Å². The van der Waals surface area contributed by atoms with Gasteiger partial charge in [-0.1, -0.05) is 73.4 Å². The van der Waals surface area contributed by atoms with Crippen LogP contribution in [-0.2, 0) is 4.74 Å². The highest BCUT2D eigenvalue weighted by Gasteiger charge is 2.60. The molecule has 0 aromatic rings. The van der Waals surface area contributed by atoms with Crippen molar-refractivity contribution < 1.29 is 4.74 Å². The van der Waals surface area contributed by atoms with E-state index in [9.17, 15) is 4.91 Å². The molecule has 7 atom stereocenters.